The van der Waals surface area contributed by atoms with Crippen molar-refractivity contribution >= 4 is 28.3 Å². The van der Waals surface area contributed by atoms with Crippen molar-refractivity contribution in [1.82, 2.24) is 20.0 Å². The molecule has 1 fully saturated rings. The minimum atomic E-state index is -0.319. The minimum absolute atomic E-state index is 0.0994. The molecule has 7 nitrogen and oxygen atoms in total. The third-order valence-electron chi connectivity index (χ3n) is 4.80. The van der Waals surface area contributed by atoms with Crippen molar-refractivity contribution < 1.29 is 9.59 Å². The number of hydrogen-bond acceptors (Lipinski definition) is 6. The van der Waals surface area contributed by atoms with Gasteiger partial charge in [-0.3, -0.25) is 19.8 Å². The van der Waals surface area contributed by atoms with Gasteiger partial charge in [-0.2, -0.15) is 0 Å². The van der Waals surface area contributed by atoms with Crippen LogP contribution in [0, 0.1) is 11.8 Å². The number of piperidine rings is 1. The number of aromatic nitrogens is 2. The van der Waals surface area contributed by atoms with E-state index in [-0.39, 0.29) is 24.4 Å². The van der Waals surface area contributed by atoms with E-state index in [2.05, 4.69) is 36.3 Å². The Morgan fingerprint density at radius 3 is 2.54 bits per heavy atom. The predicted octanol–water partition coefficient (Wildman–Crippen LogP) is 2.25. The van der Waals surface area contributed by atoms with Crippen molar-refractivity contribution in [3.05, 3.63) is 5.01 Å². The SMILES string of the molecule is CC(C)Cc1nnc(NC(=O)CN(C)[C@@H](C)C(=O)N2CCC(C)CC2)s1. The third kappa shape index (κ3) is 6.02. The van der Waals surface area contributed by atoms with E-state index in [1.165, 1.54) is 11.3 Å². The highest BCUT2D eigenvalue weighted by atomic mass is 32.1. The second-order valence-electron chi connectivity index (χ2n) is 7.75. The van der Waals surface area contributed by atoms with Crippen molar-refractivity contribution in [1.29, 1.82) is 0 Å². The highest BCUT2D eigenvalue weighted by Crippen LogP contribution is 2.19. The van der Waals surface area contributed by atoms with Crippen molar-refractivity contribution in [2.24, 2.45) is 11.8 Å². The van der Waals surface area contributed by atoms with Crippen LogP contribution in [0.5, 0.6) is 0 Å². The van der Waals surface area contributed by atoms with Crippen LogP contribution >= 0.6 is 11.3 Å². The minimum Gasteiger partial charge on any atom is -0.341 e. The molecule has 1 aliphatic rings. The van der Waals surface area contributed by atoms with E-state index < -0.39 is 0 Å². The summed E-state index contributed by atoms with van der Waals surface area (Å²) in [5.41, 5.74) is 0. The Morgan fingerprint density at radius 2 is 1.92 bits per heavy atom. The number of rotatable bonds is 7. The Balaban J connectivity index is 1.81. The Morgan fingerprint density at radius 1 is 1.27 bits per heavy atom. The lowest BCUT2D eigenvalue weighted by atomic mass is 9.99. The fourth-order valence-electron chi connectivity index (χ4n) is 2.94. The number of nitrogens with zero attached hydrogens (tertiary/aromatic N) is 4. The second-order valence-corrected chi connectivity index (χ2v) is 8.81. The molecule has 26 heavy (non-hydrogen) atoms. The summed E-state index contributed by atoms with van der Waals surface area (Å²) in [4.78, 5) is 28.6. The number of carbonyl (C=O) groups excluding carboxylic acids is 2. The first-order valence-electron chi connectivity index (χ1n) is 9.37. The van der Waals surface area contributed by atoms with Crippen molar-refractivity contribution in [3.8, 4) is 0 Å². The first-order valence-corrected chi connectivity index (χ1v) is 10.2. The van der Waals surface area contributed by atoms with Crippen LogP contribution in [0.2, 0.25) is 0 Å². The van der Waals surface area contributed by atoms with E-state index in [9.17, 15) is 9.59 Å². The molecule has 0 radical (unpaired) electrons. The maximum atomic E-state index is 12.6. The molecule has 1 aromatic rings. The highest BCUT2D eigenvalue weighted by molar-refractivity contribution is 7.15. The molecule has 1 aromatic heterocycles. The van der Waals surface area contributed by atoms with Gasteiger partial charge in [-0.1, -0.05) is 32.1 Å². The zero-order valence-corrected chi connectivity index (χ0v) is 17.3. The average Bonchev–Trinajstić information content (AvgIpc) is 2.99. The summed E-state index contributed by atoms with van der Waals surface area (Å²) in [5, 5.41) is 12.3. The predicted molar refractivity (Wildman–Crippen MR) is 104 cm³/mol. The van der Waals surface area contributed by atoms with Gasteiger partial charge in [0.15, 0.2) is 0 Å². The van der Waals surface area contributed by atoms with Gasteiger partial charge in [0.25, 0.3) is 0 Å². The van der Waals surface area contributed by atoms with E-state index in [4.69, 9.17) is 0 Å². The van der Waals surface area contributed by atoms with Crippen LogP contribution in [0.15, 0.2) is 0 Å². The number of amides is 2. The molecule has 0 unspecified atom stereocenters. The molecule has 2 rings (SSSR count). The molecule has 2 amide bonds. The topological polar surface area (TPSA) is 78.4 Å². The van der Waals surface area contributed by atoms with Gasteiger partial charge in [0.2, 0.25) is 16.9 Å². The molecule has 1 saturated heterocycles. The number of anilines is 1. The van der Waals surface area contributed by atoms with Crippen LogP contribution in [-0.4, -0.2) is 64.5 Å². The number of nitrogens with one attached hydrogen (secondary N) is 1. The summed E-state index contributed by atoms with van der Waals surface area (Å²) in [6.07, 6.45) is 2.96. The zero-order valence-electron chi connectivity index (χ0n) is 16.5. The normalized spacial score (nSPS) is 17.0. The Labute approximate surface area is 160 Å². The number of carbonyl (C=O) groups is 2. The summed E-state index contributed by atoms with van der Waals surface area (Å²) in [6, 6.07) is -0.319. The van der Waals surface area contributed by atoms with E-state index >= 15 is 0 Å². The molecule has 146 valence electrons. The van der Waals surface area contributed by atoms with Crippen molar-refractivity contribution in [2.75, 3.05) is 32.0 Å². The fourth-order valence-corrected chi connectivity index (χ4v) is 3.91. The van der Waals surface area contributed by atoms with Crippen LogP contribution in [0.25, 0.3) is 0 Å². The second kappa shape index (κ2) is 9.41. The van der Waals surface area contributed by atoms with E-state index in [0.29, 0.717) is 17.0 Å². The quantitative estimate of drug-likeness (QED) is 0.784. The van der Waals surface area contributed by atoms with Gasteiger partial charge >= 0.3 is 0 Å². The van der Waals surface area contributed by atoms with E-state index in [1.54, 1.807) is 11.9 Å². The van der Waals surface area contributed by atoms with Gasteiger partial charge in [-0.05, 0) is 38.6 Å². The lowest BCUT2D eigenvalue weighted by Crippen LogP contribution is -2.49. The molecule has 2 heterocycles. The van der Waals surface area contributed by atoms with Gasteiger partial charge < -0.3 is 4.90 Å². The summed E-state index contributed by atoms with van der Waals surface area (Å²) >= 11 is 1.41. The molecule has 1 N–H and O–H groups in total. The van der Waals surface area contributed by atoms with Crippen molar-refractivity contribution in [3.63, 3.8) is 0 Å². The van der Waals surface area contributed by atoms with Crippen LogP contribution in [-0.2, 0) is 16.0 Å². The molecular formula is C18H31N5O2S. The largest absolute Gasteiger partial charge is 0.341 e. The molecule has 8 heteroatoms. The lowest BCUT2D eigenvalue weighted by molar-refractivity contribution is -0.137. The third-order valence-corrected chi connectivity index (χ3v) is 5.66. The Kier molecular flexibility index (Phi) is 7.52. The molecule has 0 saturated carbocycles. The van der Waals surface area contributed by atoms with Crippen LogP contribution in [0.1, 0.15) is 45.5 Å². The summed E-state index contributed by atoms with van der Waals surface area (Å²) in [6.45, 7) is 10.1. The van der Waals surface area contributed by atoms with Crippen molar-refractivity contribution in [2.45, 2.75) is 53.0 Å². The molecule has 0 bridgehead atoms. The lowest BCUT2D eigenvalue weighted by Gasteiger charge is -2.34. The maximum absolute atomic E-state index is 12.6. The molecule has 0 aromatic carbocycles. The number of likely N-dealkylation sites (tertiary alicyclic amines) is 1. The molecule has 1 aliphatic heterocycles. The summed E-state index contributed by atoms with van der Waals surface area (Å²) in [7, 11) is 1.80. The maximum Gasteiger partial charge on any atom is 0.240 e. The van der Waals surface area contributed by atoms with Gasteiger partial charge in [0.05, 0.1) is 12.6 Å². The molecule has 1 atom stereocenters. The smallest absolute Gasteiger partial charge is 0.240 e. The standard InChI is InChI=1S/C18H31N5O2S/c1-12(2)10-16-20-21-18(26-16)19-15(24)11-22(5)14(4)17(25)23-8-6-13(3)7-9-23/h12-14H,6-11H2,1-5H3,(H,19,21,24)/t14-/m0/s1. The molecule has 0 aliphatic carbocycles. The van der Waals surface area contributed by atoms with E-state index in [0.717, 1.165) is 37.4 Å². The van der Waals surface area contributed by atoms with Crippen LogP contribution in [0.4, 0.5) is 5.13 Å². The molecule has 0 spiro atoms. The number of hydrogen-bond donors (Lipinski definition) is 1. The fraction of sp³-hybridized carbons (Fsp3) is 0.778. The zero-order chi connectivity index (χ0) is 19.3. The molecular weight excluding hydrogens is 350 g/mol. The highest BCUT2D eigenvalue weighted by Gasteiger charge is 2.27. The summed E-state index contributed by atoms with van der Waals surface area (Å²) in [5.74, 6) is 1.11. The monoisotopic (exact) mass is 381 g/mol. The summed E-state index contributed by atoms with van der Waals surface area (Å²) < 4.78 is 0. The van der Waals surface area contributed by atoms with Gasteiger partial charge in [0.1, 0.15) is 5.01 Å². The van der Waals surface area contributed by atoms with Crippen LogP contribution in [0.3, 0.4) is 0 Å². The van der Waals surface area contributed by atoms with E-state index in [1.807, 2.05) is 11.8 Å². The first-order chi connectivity index (χ1) is 12.3. The Bertz CT molecular complexity index is 610. The number of likely N-dealkylation sites (N-methyl/N-ethyl adjacent to an activating group) is 1. The van der Waals surface area contributed by atoms with Crippen LogP contribution < -0.4 is 5.32 Å². The van der Waals surface area contributed by atoms with Gasteiger partial charge in [0, 0.05) is 19.5 Å². The average molecular weight is 382 g/mol. The van der Waals surface area contributed by atoms with Gasteiger partial charge in [-0.15, -0.1) is 10.2 Å². The Hall–Kier alpha value is -1.54. The van der Waals surface area contributed by atoms with Gasteiger partial charge in [-0.25, -0.2) is 0 Å². The first kappa shape index (κ1) is 20.8.